The largest absolute Gasteiger partial charge is 0.759 e. The maximum atomic E-state index is 13.9. The van der Waals surface area contributed by atoms with Gasteiger partial charge < -0.3 is 47.8 Å². The predicted octanol–water partition coefficient (Wildman–Crippen LogP) is 7.09. The smallest absolute Gasteiger partial charge is 0.245 e. The van der Waals surface area contributed by atoms with Crippen LogP contribution in [0.5, 0.6) is 11.5 Å². The summed E-state index contributed by atoms with van der Waals surface area (Å²) in [4.78, 5) is 48.2. The van der Waals surface area contributed by atoms with Crippen molar-refractivity contribution in [2.24, 2.45) is 0 Å². The molecule has 4 fully saturated rings. The number of amides is 2. The second-order valence-electron chi connectivity index (χ2n) is 22.5. The van der Waals surface area contributed by atoms with Crippen LogP contribution in [-0.4, -0.2) is 198 Å². The van der Waals surface area contributed by atoms with Crippen LogP contribution in [0, 0.1) is 13.8 Å². The first-order valence-electron chi connectivity index (χ1n) is 30.3. The molecule has 12 rings (SSSR count). The summed E-state index contributed by atoms with van der Waals surface area (Å²) in [5.74, 6) is 0.358. The van der Waals surface area contributed by atoms with Gasteiger partial charge in [0.05, 0.1) is 60.5 Å². The molecule has 8 aromatic rings. The van der Waals surface area contributed by atoms with Crippen molar-refractivity contribution >= 4 is 110 Å². The van der Waals surface area contributed by atoms with E-state index in [9.17, 15) is 26.4 Å². The van der Waals surface area contributed by atoms with Crippen molar-refractivity contribution in [2.75, 3.05) is 91.9 Å². The Labute approximate surface area is 570 Å². The highest BCUT2D eigenvalue weighted by atomic mass is 35.5. The van der Waals surface area contributed by atoms with Gasteiger partial charge in [-0.2, -0.15) is 8.61 Å². The number of carbonyl (C=O) groups is 2. The number of rotatable bonds is 20. The molecule has 508 valence electrons. The predicted molar refractivity (Wildman–Crippen MR) is 354 cm³/mol. The summed E-state index contributed by atoms with van der Waals surface area (Å²) in [6.07, 6.45) is 12.5. The molecule has 2 amide bonds. The maximum Gasteiger partial charge on any atom is 0.245 e. The van der Waals surface area contributed by atoms with Gasteiger partial charge in [0.1, 0.15) is 57.6 Å². The van der Waals surface area contributed by atoms with Crippen molar-refractivity contribution in [3.8, 4) is 22.9 Å². The first-order chi connectivity index (χ1) is 45.5. The van der Waals surface area contributed by atoms with Crippen LogP contribution < -0.4 is 20.1 Å². The molecule has 33 heteroatoms. The van der Waals surface area contributed by atoms with Gasteiger partial charge in [0.15, 0.2) is 0 Å². The molecule has 0 radical (unpaired) electrons. The number of nitrogens with one attached hydrogen (secondary N) is 2. The highest BCUT2D eigenvalue weighted by molar-refractivity contribution is 7.89. The molecule has 0 bridgehead atoms. The number of hydrogen-bond acceptors (Lipinski definition) is 20. The molecule has 4 aromatic carbocycles. The number of carbonyl (C=O) groups excluding carboxylic acids is 2. The summed E-state index contributed by atoms with van der Waals surface area (Å²) in [6, 6.07) is 19.2. The van der Waals surface area contributed by atoms with E-state index in [-0.39, 0.29) is 68.0 Å². The Kier molecular flexibility index (Phi) is 23.7. The Balaban J connectivity index is 0.000000193. The third-order valence-corrected chi connectivity index (χ3v) is 22.0. The first-order valence-corrected chi connectivity index (χ1v) is 36.0. The molecule has 26 nitrogen and oxygen atoms in total. The minimum absolute atomic E-state index is 0.0376. The number of aryl methyl sites for hydroxylation is 2. The molecule has 0 aliphatic carbocycles. The third-order valence-electron chi connectivity index (χ3n) is 16.3. The van der Waals surface area contributed by atoms with Gasteiger partial charge in [-0.25, -0.2) is 36.8 Å². The average molecular weight is 1440 g/mol. The van der Waals surface area contributed by atoms with Gasteiger partial charge in [-0.15, -0.1) is 0 Å². The third kappa shape index (κ3) is 17.4. The average Bonchev–Trinajstić information content (AvgIpc) is 1.74. The van der Waals surface area contributed by atoms with Gasteiger partial charge in [0.25, 0.3) is 0 Å². The van der Waals surface area contributed by atoms with Gasteiger partial charge in [0, 0.05) is 144 Å². The zero-order valence-corrected chi connectivity index (χ0v) is 57.1. The lowest BCUT2D eigenvalue weighted by molar-refractivity contribution is -0.125. The van der Waals surface area contributed by atoms with Crippen molar-refractivity contribution in [3.63, 3.8) is 0 Å². The van der Waals surface area contributed by atoms with Crippen LogP contribution in [0.15, 0.2) is 120 Å². The van der Waals surface area contributed by atoms with Crippen LogP contribution in [0.4, 0.5) is 0 Å². The molecule has 4 aliphatic heterocycles. The molecule has 4 saturated heterocycles. The van der Waals surface area contributed by atoms with Crippen molar-refractivity contribution < 1.29 is 62.9 Å². The van der Waals surface area contributed by atoms with Crippen LogP contribution in [0.2, 0.25) is 20.1 Å². The van der Waals surface area contributed by atoms with E-state index in [0.717, 1.165) is 59.7 Å². The Morgan fingerprint density at radius 2 is 0.968 bits per heavy atom. The number of para-hydroxylation sites is 2. The molecular formula is C62H68Cl4N12O14S3-2. The molecule has 2 atom stereocenters. The number of benzene rings is 4. The second kappa shape index (κ2) is 31.7. The standard InChI is InChI=1S/2C31H34Cl2N6O5S.H2O4S/c2*1-21-18-26(38-13-9-34-20-38)22-4-2-6-27(30(22)36-21)44-19-23-24(32)7-8-28(29(23)33)45(41,42)39-11-3-5-25(39)31(40)35-10-12-37-14-16-43-17-15-37;1-5(2,3)4/h2*2,4,6-9,13,18,20,25H,3,5,10-12,14-17,19H2,1H3,(H,35,40);(H2,1,2,3,4)/p-2/t2*25-;/m00./s1. The lowest BCUT2D eigenvalue weighted by Gasteiger charge is -2.27. The Bertz CT molecular complexity index is 4130. The van der Waals surface area contributed by atoms with Gasteiger partial charge in [0.2, 0.25) is 31.9 Å². The van der Waals surface area contributed by atoms with Crippen molar-refractivity contribution in [1.82, 2.24) is 58.1 Å². The quantitative estimate of drug-likeness (QED) is 0.0568. The number of sulfonamides is 2. The number of ether oxygens (including phenoxy) is 4. The maximum absolute atomic E-state index is 13.9. The second-order valence-corrected chi connectivity index (χ2v) is 28.6. The lowest BCUT2D eigenvalue weighted by Crippen LogP contribution is -2.48. The molecule has 0 unspecified atom stereocenters. The Hall–Kier alpha value is -6.65. The molecule has 2 N–H and O–H groups in total. The van der Waals surface area contributed by atoms with Crippen molar-refractivity contribution in [3.05, 3.63) is 153 Å². The SMILES string of the molecule is Cc1cc(-n2ccnc2)c2cccc(OCc3c(Cl)ccc(S(=O)(=O)N4CCC[C@H]4C(=O)NCCN4CCOCC4)c3Cl)c2n1.Cc1cc(-n2ccnc2)c2cccc(OCc3c(Cl)ccc(S(=O)(=O)N4CCC[C@H]4C(=O)NCCN4CCOCC4)c3Cl)c2n1.O=S(=O)([O-])[O-]. The highest BCUT2D eigenvalue weighted by Crippen LogP contribution is 2.40. The Morgan fingerprint density at radius 1 is 0.579 bits per heavy atom. The number of hydrogen-bond donors (Lipinski definition) is 2. The van der Waals surface area contributed by atoms with E-state index in [4.69, 9.17) is 92.8 Å². The molecule has 95 heavy (non-hydrogen) atoms. The monoisotopic (exact) mass is 1440 g/mol. The van der Waals surface area contributed by atoms with Crippen LogP contribution in [-0.2, 0) is 62.7 Å². The summed E-state index contributed by atoms with van der Waals surface area (Å²) < 4.78 is 119. The fourth-order valence-electron chi connectivity index (χ4n) is 11.6. The summed E-state index contributed by atoms with van der Waals surface area (Å²) >= 11 is 26.6. The number of nitrogens with zero attached hydrogens (tertiary/aromatic N) is 10. The minimum Gasteiger partial charge on any atom is -0.759 e. The van der Waals surface area contributed by atoms with Crippen LogP contribution in [0.3, 0.4) is 0 Å². The van der Waals surface area contributed by atoms with Crippen molar-refractivity contribution in [1.29, 1.82) is 0 Å². The number of pyridine rings is 2. The molecule has 0 spiro atoms. The van der Waals surface area contributed by atoms with Gasteiger partial charge >= 0.3 is 0 Å². The van der Waals surface area contributed by atoms with Crippen LogP contribution >= 0.6 is 46.4 Å². The highest BCUT2D eigenvalue weighted by Gasteiger charge is 2.42. The molecule has 4 aromatic heterocycles. The molecule has 8 heterocycles. The van der Waals surface area contributed by atoms with Crippen LogP contribution in [0.1, 0.15) is 48.2 Å². The van der Waals surface area contributed by atoms with E-state index < -0.39 is 42.5 Å². The van der Waals surface area contributed by atoms with Gasteiger partial charge in [-0.3, -0.25) is 27.8 Å². The molecular weight excluding hydrogens is 1370 g/mol. The number of imidazole rings is 2. The Morgan fingerprint density at radius 3 is 1.34 bits per heavy atom. The first kappa shape index (κ1) is 71.1. The van der Waals surface area contributed by atoms with E-state index in [1.165, 1.54) is 32.9 Å². The van der Waals surface area contributed by atoms with E-state index in [2.05, 4.69) is 30.4 Å². The van der Waals surface area contributed by atoms with Gasteiger partial charge in [-0.05, 0) is 88.1 Å². The fourth-order valence-corrected chi connectivity index (χ4v) is 16.7. The van der Waals surface area contributed by atoms with Crippen molar-refractivity contribution in [2.45, 2.75) is 74.6 Å². The van der Waals surface area contributed by atoms with E-state index in [0.29, 0.717) is 112 Å². The number of aromatic nitrogens is 6. The van der Waals surface area contributed by atoms with Crippen LogP contribution in [0.25, 0.3) is 33.2 Å². The summed E-state index contributed by atoms with van der Waals surface area (Å²) in [5, 5.41) is 8.00. The van der Waals surface area contributed by atoms with E-state index in [1.807, 2.05) is 71.8 Å². The summed E-state index contributed by atoms with van der Waals surface area (Å²) in [5.41, 5.74) is 5.29. The normalized spacial score (nSPS) is 17.6. The summed E-state index contributed by atoms with van der Waals surface area (Å²) in [7, 11) is -13.4. The fraction of sp³-hybridized carbons (Fsp3) is 0.387. The lowest BCUT2D eigenvalue weighted by atomic mass is 10.1. The number of morpholine rings is 2. The number of fused-ring (bicyclic) bond motifs is 2. The van der Waals surface area contributed by atoms with Gasteiger partial charge in [-0.1, -0.05) is 70.7 Å². The van der Waals surface area contributed by atoms with E-state index >= 15 is 0 Å². The van der Waals surface area contributed by atoms with E-state index in [1.54, 1.807) is 37.2 Å². The molecule has 0 saturated carbocycles. The summed E-state index contributed by atoms with van der Waals surface area (Å²) in [6.45, 7) is 12.2. The minimum atomic E-state index is -5.17. The zero-order valence-electron chi connectivity index (χ0n) is 51.6. The number of halogens is 4. The zero-order chi connectivity index (χ0) is 67.6. The molecule has 4 aliphatic rings. The topological polar surface area (TPSA) is 318 Å².